The van der Waals surface area contributed by atoms with E-state index >= 15 is 0 Å². The van der Waals surface area contributed by atoms with Gasteiger partial charge in [-0.2, -0.15) is 0 Å². The van der Waals surface area contributed by atoms with Crippen molar-refractivity contribution >= 4 is 0 Å². The van der Waals surface area contributed by atoms with Gasteiger partial charge in [0.1, 0.15) is 0 Å². The summed E-state index contributed by atoms with van der Waals surface area (Å²) in [5.74, 6) is 0. The van der Waals surface area contributed by atoms with E-state index in [0.29, 0.717) is 0 Å². The summed E-state index contributed by atoms with van der Waals surface area (Å²) in [7, 11) is 0. The lowest BCUT2D eigenvalue weighted by Gasteiger charge is -1.93. The van der Waals surface area contributed by atoms with Crippen LogP contribution < -0.4 is 0 Å². The third-order valence-electron chi connectivity index (χ3n) is 1.24. The van der Waals surface area contributed by atoms with Crippen molar-refractivity contribution in [2.75, 3.05) is 0 Å². The smallest absolute Gasteiger partial charge is 0.0830 e. The Balaban J connectivity index is 2.40. The Labute approximate surface area is 43.7 Å². The van der Waals surface area contributed by atoms with Crippen LogP contribution in [0.15, 0.2) is 12.2 Å². The maximum absolute atomic E-state index is 9.04. The van der Waals surface area contributed by atoms with E-state index in [1.807, 2.05) is 19.1 Å². The highest BCUT2D eigenvalue weighted by Crippen LogP contribution is 2.35. The Morgan fingerprint density at radius 1 is 1.57 bits per heavy atom. The summed E-state index contributed by atoms with van der Waals surface area (Å²) in [4.78, 5) is 0. The molecule has 0 amide bonds. The standard InChI is InChI=1S/C6H10O/c1-2-3-6(7)4-5-6/h2-3,7H,4-5H2,1H3/b3-2+. The van der Waals surface area contributed by atoms with Gasteiger partial charge in [-0.25, -0.2) is 0 Å². The van der Waals surface area contributed by atoms with Gasteiger partial charge in [-0.1, -0.05) is 12.2 Å². The monoisotopic (exact) mass is 98.1 g/mol. The van der Waals surface area contributed by atoms with E-state index < -0.39 is 0 Å². The normalized spacial score (nSPS) is 26.0. The summed E-state index contributed by atoms with van der Waals surface area (Å²) < 4.78 is 0. The van der Waals surface area contributed by atoms with E-state index in [2.05, 4.69) is 0 Å². The van der Waals surface area contributed by atoms with Gasteiger partial charge < -0.3 is 5.11 Å². The molecule has 0 aromatic rings. The highest BCUT2D eigenvalue weighted by Gasteiger charge is 2.36. The average Bonchev–Trinajstić information content (AvgIpc) is 2.22. The van der Waals surface area contributed by atoms with Gasteiger partial charge in [0.15, 0.2) is 0 Å². The first kappa shape index (κ1) is 4.85. The van der Waals surface area contributed by atoms with Gasteiger partial charge >= 0.3 is 0 Å². The van der Waals surface area contributed by atoms with Gasteiger partial charge in [-0.3, -0.25) is 0 Å². The minimum Gasteiger partial charge on any atom is -0.386 e. The van der Waals surface area contributed by atoms with E-state index in [4.69, 9.17) is 5.11 Å². The Morgan fingerprint density at radius 2 is 2.14 bits per heavy atom. The van der Waals surface area contributed by atoms with Crippen LogP contribution in [0.3, 0.4) is 0 Å². The van der Waals surface area contributed by atoms with E-state index in [1.165, 1.54) is 0 Å². The highest BCUT2D eigenvalue weighted by molar-refractivity contribution is 5.09. The highest BCUT2D eigenvalue weighted by atomic mass is 16.3. The average molecular weight is 98.1 g/mol. The summed E-state index contributed by atoms with van der Waals surface area (Å²) in [6.07, 6.45) is 5.66. The molecule has 1 aliphatic rings. The van der Waals surface area contributed by atoms with Gasteiger partial charge in [0, 0.05) is 0 Å². The molecule has 1 heteroatoms. The molecule has 1 saturated carbocycles. The number of hydrogen-bond donors (Lipinski definition) is 1. The van der Waals surface area contributed by atoms with Crippen molar-refractivity contribution in [2.24, 2.45) is 0 Å². The number of allylic oxidation sites excluding steroid dienone is 1. The molecule has 1 nitrogen and oxygen atoms in total. The van der Waals surface area contributed by atoms with Gasteiger partial charge in [-0.15, -0.1) is 0 Å². The maximum Gasteiger partial charge on any atom is 0.0830 e. The molecule has 0 aromatic heterocycles. The molecule has 1 N–H and O–H groups in total. The van der Waals surface area contributed by atoms with Crippen molar-refractivity contribution in [3.63, 3.8) is 0 Å². The second-order valence-electron chi connectivity index (χ2n) is 2.10. The number of rotatable bonds is 1. The molecule has 0 bridgehead atoms. The molecule has 40 valence electrons. The van der Waals surface area contributed by atoms with E-state index in [0.717, 1.165) is 12.8 Å². The summed E-state index contributed by atoms with van der Waals surface area (Å²) in [5, 5.41) is 9.04. The van der Waals surface area contributed by atoms with Crippen LogP contribution in [0.1, 0.15) is 19.8 Å². The zero-order valence-electron chi connectivity index (χ0n) is 4.52. The van der Waals surface area contributed by atoms with Crippen LogP contribution in [0.2, 0.25) is 0 Å². The minimum atomic E-state index is -0.380. The quantitative estimate of drug-likeness (QED) is 0.487. The summed E-state index contributed by atoms with van der Waals surface area (Å²) in [6.45, 7) is 1.93. The Bertz CT molecular complexity index is 90.4. The maximum atomic E-state index is 9.04. The molecular weight excluding hydrogens is 88.1 g/mol. The molecule has 0 heterocycles. The van der Waals surface area contributed by atoms with Crippen molar-refractivity contribution in [3.8, 4) is 0 Å². The van der Waals surface area contributed by atoms with Crippen LogP contribution in [-0.2, 0) is 0 Å². The fourth-order valence-corrected chi connectivity index (χ4v) is 0.605. The van der Waals surface area contributed by atoms with Crippen LogP contribution in [0.5, 0.6) is 0 Å². The van der Waals surface area contributed by atoms with E-state index in [9.17, 15) is 0 Å². The van der Waals surface area contributed by atoms with Crippen molar-refractivity contribution in [1.29, 1.82) is 0 Å². The summed E-state index contributed by atoms with van der Waals surface area (Å²) in [6, 6.07) is 0. The first-order chi connectivity index (χ1) is 3.27. The van der Waals surface area contributed by atoms with E-state index in [-0.39, 0.29) is 5.60 Å². The molecular formula is C6H10O. The molecule has 1 fully saturated rings. The molecule has 0 aliphatic heterocycles. The summed E-state index contributed by atoms with van der Waals surface area (Å²) >= 11 is 0. The van der Waals surface area contributed by atoms with Gasteiger partial charge in [0.25, 0.3) is 0 Å². The summed E-state index contributed by atoms with van der Waals surface area (Å²) in [5.41, 5.74) is -0.380. The molecule has 1 rings (SSSR count). The SMILES string of the molecule is C/C=C/C1(O)CC1. The molecule has 0 saturated heterocycles. The topological polar surface area (TPSA) is 20.2 Å². The van der Waals surface area contributed by atoms with Crippen LogP contribution in [0, 0.1) is 0 Å². The zero-order valence-corrected chi connectivity index (χ0v) is 4.52. The van der Waals surface area contributed by atoms with Crippen molar-refractivity contribution in [2.45, 2.75) is 25.4 Å². The lowest BCUT2D eigenvalue weighted by molar-refractivity contribution is 0.202. The van der Waals surface area contributed by atoms with Crippen molar-refractivity contribution < 1.29 is 5.11 Å². The Hall–Kier alpha value is -0.300. The third-order valence-corrected chi connectivity index (χ3v) is 1.24. The largest absolute Gasteiger partial charge is 0.386 e. The lowest BCUT2D eigenvalue weighted by atomic mass is 10.3. The second kappa shape index (κ2) is 1.34. The predicted molar refractivity (Wildman–Crippen MR) is 29.0 cm³/mol. The van der Waals surface area contributed by atoms with Crippen LogP contribution in [0.25, 0.3) is 0 Å². The Kier molecular flexibility index (Phi) is 0.927. The molecule has 7 heavy (non-hydrogen) atoms. The third kappa shape index (κ3) is 1.03. The molecule has 0 radical (unpaired) electrons. The molecule has 0 aromatic carbocycles. The zero-order chi connectivity index (χ0) is 5.33. The van der Waals surface area contributed by atoms with Crippen molar-refractivity contribution in [1.82, 2.24) is 0 Å². The van der Waals surface area contributed by atoms with Crippen LogP contribution in [0.4, 0.5) is 0 Å². The Morgan fingerprint density at radius 3 is 2.29 bits per heavy atom. The van der Waals surface area contributed by atoms with E-state index in [1.54, 1.807) is 0 Å². The lowest BCUT2D eigenvalue weighted by Crippen LogP contribution is -1.98. The molecule has 0 unspecified atom stereocenters. The number of aliphatic hydroxyl groups is 1. The minimum absolute atomic E-state index is 0.380. The van der Waals surface area contributed by atoms with Crippen LogP contribution in [-0.4, -0.2) is 10.7 Å². The molecule has 1 aliphatic carbocycles. The first-order valence-electron chi connectivity index (χ1n) is 2.63. The van der Waals surface area contributed by atoms with Crippen LogP contribution >= 0.6 is 0 Å². The van der Waals surface area contributed by atoms with Crippen molar-refractivity contribution in [3.05, 3.63) is 12.2 Å². The van der Waals surface area contributed by atoms with Gasteiger partial charge in [-0.05, 0) is 19.8 Å². The predicted octanol–water partition coefficient (Wildman–Crippen LogP) is 1.09. The fraction of sp³-hybridized carbons (Fsp3) is 0.667. The second-order valence-corrected chi connectivity index (χ2v) is 2.10. The first-order valence-corrected chi connectivity index (χ1v) is 2.63. The van der Waals surface area contributed by atoms with Gasteiger partial charge in [0.05, 0.1) is 5.60 Å². The molecule has 0 spiro atoms. The number of hydrogen-bond acceptors (Lipinski definition) is 1. The molecule has 0 atom stereocenters. The fourth-order valence-electron chi connectivity index (χ4n) is 0.605. The van der Waals surface area contributed by atoms with Gasteiger partial charge in [0.2, 0.25) is 0 Å².